The Morgan fingerprint density at radius 3 is 2.63 bits per heavy atom. The van der Waals surface area contributed by atoms with Crippen molar-refractivity contribution >= 4 is 15.7 Å². The van der Waals surface area contributed by atoms with Crippen LogP contribution in [0.2, 0.25) is 0 Å². The Labute approximate surface area is 173 Å². The van der Waals surface area contributed by atoms with E-state index in [2.05, 4.69) is 15.2 Å². The molecule has 0 saturated carbocycles. The lowest BCUT2D eigenvalue weighted by molar-refractivity contribution is 0.0541. The fourth-order valence-electron chi connectivity index (χ4n) is 3.84. The number of halogens is 2. The second-order valence-electron chi connectivity index (χ2n) is 8.51. The third-order valence-corrected chi connectivity index (χ3v) is 7.48. The topological polar surface area (TPSA) is 85.4 Å². The number of alkyl halides is 2. The van der Waals surface area contributed by atoms with Gasteiger partial charge in [-0.15, -0.1) is 0 Å². The molecule has 1 atom stereocenters. The monoisotopic (exact) mass is 438 g/mol. The van der Waals surface area contributed by atoms with Gasteiger partial charge in [0.05, 0.1) is 29.3 Å². The quantitative estimate of drug-likeness (QED) is 0.623. The van der Waals surface area contributed by atoms with E-state index in [0.717, 1.165) is 11.9 Å². The normalized spacial score (nSPS) is 18.7. The minimum absolute atomic E-state index is 0.0790. The fraction of sp³-hybridized carbons (Fsp3) is 0.526. The number of fused-ring (bicyclic) bond motifs is 1. The van der Waals surface area contributed by atoms with E-state index in [1.165, 1.54) is 11.2 Å². The van der Waals surface area contributed by atoms with E-state index in [1.54, 1.807) is 16.8 Å². The number of sulfonamides is 1. The van der Waals surface area contributed by atoms with Gasteiger partial charge in [0.2, 0.25) is 10.0 Å². The van der Waals surface area contributed by atoms with Crippen LogP contribution in [0.25, 0.3) is 5.65 Å². The molecule has 1 aliphatic rings. The maximum absolute atomic E-state index is 13.4. The van der Waals surface area contributed by atoms with Crippen LogP contribution in [-0.2, 0) is 15.4 Å². The summed E-state index contributed by atoms with van der Waals surface area (Å²) in [6, 6.07) is 3.19. The first-order chi connectivity index (χ1) is 14.0. The van der Waals surface area contributed by atoms with Crippen LogP contribution in [0.5, 0.6) is 0 Å². The summed E-state index contributed by atoms with van der Waals surface area (Å²) >= 11 is 0. The molecule has 1 fully saturated rings. The molecule has 0 bridgehead atoms. The number of nitrogens with zero attached hydrogens (tertiary/aromatic N) is 6. The van der Waals surface area contributed by atoms with Crippen molar-refractivity contribution in [1.82, 2.24) is 28.7 Å². The van der Waals surface area contributed by atoms with Crippen LogP contribution in [0.4, 0.5) is 8.78 Å². The molecule has 8 nitrogen and oxygen atoms in total. The molecular formula is C19H24F2N6O2S. The van der Waals surface area contributed by atoms with Crippen molar-refractivity contribution in [2.24, 2.45) is 0 Å². The third kappa shape index (κ3) is 3.29. The standard InChI is InChI=1S/C19H24F2N6O2S/c1-12-15(11-23-26(12)18(20)21)30(28,29)25-9-5-6-13(25)14-7-8-22-17-10-16(19(2,3)4)24-27(14)17/h7-8,10-11,13,18H,5-6,9H2,1-4H3/t13-/m1/s1. The van der Waals surface area contributed by atoms with Gasteiger partial charge in [0.25, 0.3) is 0 Å². The molecule has 0 spiro atoms. The number of hydrogen-bond donors (Lipinski definition) is 0. The first-order valence-electron chi connectivity index (χ1n) is 9.71. The average Bonchev–Trinajstić information content (AvgIpc) is 3.38. The third-order valence-electron chi connectivity index (χ3n) is 5.47. The van der Waals surface area contributed by atoms with E-state index in [9.17, 15) is 17.2 Å². The summed E-state index contributed by atoms with van der Waals surface area (Å²) in [6.07, 6.45) is 3.90. The molecule has 4 rings (SSSR count). The van der Waals surface area contributed by atoms with Crippen molar-refractivity contribution in [1.29, 1.82) is 0 Å². The van der Waals surface area contributed by atoms with Crippen molar-refractivity contribution in [3.05, 3.63) is 41.6 Å². The van der Waals surface area contributed by atoms with Crippen molar-refractivity contribution in [3.8, 4) is 0 Å². The molecule has 0 unspecified atom stereocenters. The summed E-state index contributed by atoms with van der Waals surface area (Å²) in [5.74, 6) is 0. The van der Waals surface area contributed by atoms with E-state index < -0.39 is 22.6 Å². The lowest BCUT2D eigenvalue weighted by Crippen LogP contribution is -2.32. The second kappa shape index (κ2) is 7.09. The van der Waals surface area contributed by atoms with E-state index in [-0.39, 0.29) is 16.0 Å². The van der Waals surface area contributed by atoms with Crippen LogP contribution in [0, 0.1) is 6.92 Å². The molecule has 1 saturated heterocycles. The van der Waals surface area contributed by atoms with Gasteiger partial charge >= 0.3 is 6.55 Å². The van der Waals surface area contributed by atoms with Crippen molar-refractivity contribution in [2.45, 2.75) is 63.4 Å². The Morgan fingerprint density at radius 2 is 2.00 bits per heavy atom. The van der Waals surface area contributed by atoms with Crippen LogP contribution < -0.4 is 0 Å². The van der Waals surface area contributed by atoms with Crippen molar-refractivity contribution in [2.75, 3.05) is 6.54 Å². The molecular weight excluding hydrogens is 414 g/mol. The summed E-state index contributed by atoms with van der Waals surface area (Å²) in [5.41, 5.74) is 1.93. The Kier molecular flexibility index (Phi) is 4.93. The Hall–Kier alpha value is -2.40. The minimum atomic E-state index is -4.01. The molecule has 0 aromatic carbocycles. The van der Waals surface area contributed by atoms with E-state index in [1.807, 2.05) is 26.8 Å². The Balaban J connectivity index is 1.79. The van der Waals surface area contributed by atoms with Gasteiger partial charge in [0.1, 0.15) is 4.90 Å². The second-order valence-corrected chi connectivity index (χ2v) is 10.4. The van der Waals surface area contributed by atoms with Gasteiger partial charge in [-0.25, -0.2) is 22.6 Å². The summed E-state index contributed by atoms with van der Waals surface area (Å²) < 4.78 is 56.4. The molecule has 0 radical (unpaired) electrons. The predicted molar refractivity (Wildman–Crippen MR) is 106 cm³/mol. The summed E-state index contributed by atoms with van der Waals surface area (Å²) in [6.45, 7) is 4.87. The smallest absolute Gasteiger partial charge is 0.237 e. The van der Waals surface area contributed by atoms with Gasteiger partial charge in [0, 0.05) is 24.2 Å². The van der Waals surface area contributed by atoms with E-state index in [0.29, 0.717) is 35.4 Å². The first-order valence-corrected chi connectivity index (χ1v) is 11.1. The van der Waals surface area contributed by atoms with Gasteiger partial charge in [-0.2, -0.15) is 23.3 Å². The Bertz CT molecular complexity index is 1200. The van der Waals surface area contributed by atoms with Crippen molar-refractivity contribution in [3.63, 3.8) is 0 Å². The van der Waals surface area contributed by atoms with Gasteiger partial charge < -0.3 is 0 Å². The highest BCUT2D eigenvalue weighted by Crippen LogP contribution is 2.37. The molecule has 11 heteroatoms. The largest absolute Gasteiger partial charge is 0.333 e. The van der Waals surface area contributed by atoms with Gasteiger partial charge in [0.15, 0.2) is 5.65 Å². The van der Waals surface area contributed by atoms with E-state index in [4.69, 9.17) is 0 Å². The molecule has 3 aromatic rings. The summed E-state index contributed by atoms with van der Waals surface area (Å²) in [5, 5.41) is 8.24. The summed E-state index contributed by atoms with van der Waals surface area (Å²) in [4.78, 5) is 4.17. The number of aromatic nitrogens is 5. The average molecular weight is 439 g/mol. The lowest BCUT2D eigenvalue weighted by atomic mass is 9.93. The highest BCUT2D eigenvalue weighted by molar-refractivity contribution is 7.89. The molecule has 3 aromatic heterocycles. The first kappa shape index (κ1) is 20.9. The Morgan fingerprint density at radius 1 is 1.27 bits per heavy atom. The lowest BCUT2D eigenvalue weighted by Gasteiger charge is -2.24. The van der Waals surface area contributed by atoms with E-state index >= 15 is 0 Å². The fourth-order valence-corrected chi connectivity index (χ4v) is 5.66. The van der Waals surface area contributed by atoms with Crippen LogP contribution in [0.3, 0.4) is 0 Å². The zero-order valence-corrected chi connectivity index (χ0v) is 18.1. The number of rotatable bonds is 4. The van der Waals surface area contributed by atoms with Crippen LogP contribution in [0.1, 0.15) is 63.3 Å². The maximum atomic E-state index is 13.4. The molecule has 1 aliphatic heterocycles. The van der Waals surface area contributed by atoms with Crippen LogP contribution >= 0.6 is 0 Å². The van der Waals surface area contributed by atoms with Gasteiger partial charge in [-0.1, -0.05) is 20.8 Å². The van der Waals surface area contributed by atoms with Crippen molar-refractivity contribution < 1.29 is 17.2 Å². The number of hydrogen-bond acceptors (Lipinski definition) is 5. The summed E-state index contributed by atoms with van der Waals surface area (Å²) in [7, 11) is -4.01. The van der Waals surface area contributed by atoms with Gasteiger partial charge in [-0.3, -0.25) is 0 Å². The van der Waals surface area contributed by atoms with Crippen LogP contribution in [0.15, 0.2) is 29.4 Å². The molecule has 162 valence electrons. The predicted octanol–water partition coefficient (Wildman–Crippen LogP) is 3.45. The zero-order valence-electron chi connectivity index (χ0n) is 17.2. The highest BCUT2D eigenvalue weighted by atomic mass is 32.2. The highest BCUT2D eigenvalue weighted by Gasteiger charge is 2.39. The minimum Gasteiger partial charge on any atom is -0.237 e. The molecule has 30 heavy (non-hydrogen) atoms. The van der Waals surface area contributed by atoms with Crippen LogP contribution in [-0.4, -0.2) is 43.6 Å². The van der Waals surface area contributed by atoms with Gasteiger partial charge in [-0.05, 0) is 25.8 Å². The molecule has 0 aliphatic carbocycles. The SMILES string of the molecule is Cc1c(S(=O)(=O)N2CCC[C@@H]2c2ccnc3cc(C(C)(C)C)nn23)cnn1C(F)F. The molecule has 0 amide bonds. The maximum Gasteiger partial charge on any atom is 0.333 e. The molecule has 0 N–H and O–H groups in total. The zero-order chi connectivity index (χ0) is 21.8. The molecule has 4 heterocycles.